The molecule has 0 aliphatic rings. The molecule has 0 heterocycles. The van der Waals surface area contributed by atoms with Crippen molar-refractivity contribution >= 4 is 22.0 Å². The molecule has 0 aliphatic carbocycles. The third-order valence-corrected chi connectivity index (χ3v) is 2.39. The molecule has 0 atom stereocenters. The first-order valence-corrected chi connectivity index (χ1v) is 5.90. The first-order chi connectivity index (χ1) is 8.00. The first-order valence-electron chi connectivity index (χ1n) is 4.46. The Bertz CT molecular complexity index is 458. The maximum Gasteiger partial charge on any atom is 0.446 e. The molecule has 0 bridgehead atoms. The fourth-order valence-corrected chi connectivity index (χ4v) is 0.958. The Kier molecular flexibility index (Phi) is 5.36. The average molecular weight is 287 g/mol. The average Bonchev–Trinajstić information content (AvgIpc) is 2.21. The molecule has 0 rings (SSSR count). The Labute approximate surface area is 102 Å². The third-order valence-electron chi connectivity index (χ3n) is 1.56. The van der Waals surface area contributed by atoms with Gasteiger partial charge in [0.05, 0.1) is 6.54 Å². The molecule has 0 saturated heterocycles. The summed E-state index contributed by atoms with van der Waals surface area (Å²) in [6.07, 6.45) is 0. The van der Waals surface area contributed by atoms with Crippen molar-refractivity contribution in [1.29, 1.82) is 0 Å². The number of hydrogen-bond donors (Lipinski definition) is 2. The van der Waals surface area contributed by atoms with Crippen LogP contribution in [0.2, 0.25) is 0 Å². The van der Waals surface area contributed by atoms with E-state index in [1.54, 1.807) is 0 Å². The lowest BCUT2D eigenvalue weighted by atomic mass is 10.4. The second kappa shape index (κ2) is 5.87. The van der Waals surface area contributed by atoms with Crippen LogP contribution in [0.5, 0.6) is 0 Å². The van der Waals surface area contributed by atoms with Gasteiger partial charge in [0.2, 0.25) is 0 Å². The number of carbonyl (C=O) groups excluding carboxylic acids is 2. The number of ether oxygens (including phenoxy) is 1. The summed E-state index contributed by atoms with van der Waals surface area (Å²) < 4.78 is 58.2. The van der Waals surface area contributed by atoms with Gasteiger partial charge in [-0.25, -0.2) is 4.79 Å². The lowest BCUT2D eigenvalue weighted by Gasteiger charge is -2.12. The summed E-state index contributed by atoms with van der Waals surface area (Å²) in [5, 5.41) is -3.46. The number of esters is 1. The number of rotatable bonds is 6. The van der Waals surface area contributed by atoms with Gasteiger partial charge in [-0.05, 0) is 6.92 Å². The summed E-state index contributed by atoms with van der Waals surface area (Å²) in [7, 11) is -5.84. The number of alkyl halides is 2. The molecule has 104 valence electrons. The van der Waals surface area contributed by atoms with E-state index < -0.39 is 40.4 Å². The van der Waals surface area contributed by atoms with Crippen molar-refractivity contribution in [1.82, 2.24) is 5.32 Å². The molecule has 0 saturated carbocycles. The quantitative estimate of drug-likeness (QED) is 0.300. The zero-order chi connectivity index (χ0) is 14.6. The van der Waals surface area contributed by atoms with Gasteiger partial charge in [0.25, 0.3) is 0 Å². The molecule has 0 aromatic carbocycles. The maximum absolute atomic E-state index is 12.7. The minimum Gasteiger partial charge on any atom is -0.460 e. The van der Waals surface area contributed by atoms with Crippen LogP contribution in [-0.2, 0) is 24.4 Å². The molecule has 0 radical (unpaired) electrons. The molecular formula is C8H11F2NO6S. The van der Waals surface area contributed by atoms with Crippen LogP contribution in [-0.4, -0.2) is 43.3 Å². The van der Waals surface area contributed by atoms with Crippen LogP contribution < -0.4 is 5.32 Å². The topological polar surface area (TPSA) is 110 Å². The van der Waals surface area contributed by atoms with Crippen LogP contribution in [0.3, 0.4) is 0 Å². The largest absolute Gasteiger partial charge is 0.460 e. The Morgan fingerprint density at radius 2 is 1.94 bits per heavy atom. The van der Waals surface area contributed by atoms with E-state index in [0.29, 0.717) is 0 Å². The molecule has 0 unspecified atom stereocenters. The lowest BCUT2D eigenvalue weighted by Crippen LogP contribution is -2.46. The van der Waals surface area contributed by atoms with Gasteiger partial charge in [-0.1, -0.05) is 6.58 Å². The summed E-state index contributed by atoms with van der Waals surface area (Å²) in [6.45, 7) is 3.62. The molecule has 18 heavy (non-hydrogen) atoms. The highest BCUT2D eigenvalue weighted by Crippen LogP contribution is 2.20. The SMILES string of the molecule is C=C(C)C(=O)OCCNC(=O)C(F)(F)S(=O)(=O)O. The second-order valence-corrected chi connectivity index (χ2v) is 4.63. The zero-order valence-electron chi connectivity index (χ0n) is 9.27. The highest BCUT2D eigenvalue weighted by molar-refractivity contribution is 7.87. The van der Waals surface area contributed by atoms with Gasteiger partial charge >= 0.3 is 27.2 Å². The van der Waals surface area contributed by atoms with E-state index in [0.717, 1.165) is 0 Å². The minimum absolute atomic E-state index is 0.0737. The monoisotopic (exact) mass is 287 g/mol. The zero-order valence-corrected chi connectivity index (χ0v) is 10.1. The Hall–Kier alpha value is -1.55. The van der Waals surface area contributed by atoms with E-state index in [1.807, 2.05) is 0 Å². The van der Waals surface area contributed by atoms with Crippen molar-refractivity contribution in [3.63, 3.8) is 0 Å². The third kappa shape index (κ3) is 4.37. The van der Waals surface area contributed by atoms with Gasteiger partial charge in [-0.3, -0.25) is 9.35 Å². The fourth-order valence-electron chi connectivity index (χ4n) is 0.652. The summed E-state index contributed by atoms with van der Waals surface area (Å²) in [6, 6.07) is 0. The number of nitrogens with one attached hydrogen (secondary N) is 1. The predicted octanol–water partition coefficient (Wildman–Crippen LogP) is -0.298. The maximum atomic E-state index is 12.7. The van der Waals surface area contributed by atoms with Crippen molar-refractivity contribution in [3.05, 3.63) is 12.2 Å². The number of halogens is 2. The van der Waals surface area contributed by atoms with E-state index in [-0.39, 0.29) is 5.57 Å². The van der Waals surface area contributed by atoms with E-state index in [4.69, 9.17) is 4.55 Å². The first kappa shape index (κ1) is 16.4. The fraction of sp³-hybridized carbons (Fsp3) is 0.500. The lowest BCUT2D eigenvalue weighted by molar-refractivity contribution is -0.141. The Morgan fingerprint density at radius 1 is 1.44 bits per heavy atom. The number of amides is 1. The van der Waals surface area contributed by atoms with Crippen molar-refractivity contribution in [2.24, 2.45) is 0 Å². The van der Waals surface area contributed by atoms with Crippen molar-refractivity contribution in [2.45, 2.75) is 12.2 Å². The van der Waals surface area contributed by atoms with Crippen LogP contribution in [0.15, 0.2) is 12.2 Å². The Morgan fingerprint density at radius 3 is 2.33 bits per heavy atom. The van der Waals surface area contributed by atoms with Gasteiger partial charge in [-0.2, -0.15) is 17.2 Å². The molecule has 0 fully saturated rings. The van der Waals surface area contributed by atoms with Crippen LogP contribution >= 0.6 is 0 Å². The van der Waals surface area contributed by atoms with Crippen molar-refractivity contribution in [2.75, 3.05) is 13.2 Å². The molecule has 7 nitrogen and oxygen atoms in total. The molecule has 1 amide bonds. The van der Waals surface area contributed by atoms with Crippen LogP contribution in [0.1, 0.15) is 6.92 Å². The molecule has 0 aliphatic heterocycles. The summed E-state index contributed by atoms with van der Waals surface area (Å²) in [5.74, 6) is -3.00. The molecular weight excluding hydrogens is 276 g/mol. The second-order valence-electron chi connectivity index (χ2n) is 3.16. The van der Waals surface area contributed by atoms with E-state index in [2.05, 4.69) is 11.3 Å². The van der Waals surface area contributed by atoms with Crippen molar-refractivity contribution < 1.29 is 36.1 Å². The molecule has 0 aromatic heterocycles. The summed E-state index contributed by atoms with van der Waals surface area (Å²) in [5.41, 5.74) is 0.0737. The standard InChI is InChI=1S/C8H11F2NO6S/c1-5(2)6(12)17-4-3-11-7(13)8(9,10)18(14,15)16/h1,3-4H2,2H3,(H,11,13)(H,14,15,16). The van der Waals surface area contributed by atoms with Gasteiger partial charge in [0, 0.05) is 5.57 Å². The van der Waals surface area contributed by atoms with Crippen molar-refractivity contribution in [3.8, 4) is 0 Å². The summed E-state index contributed by atoms with van der Waals surface area (Å²) in [4.78, 5) is 21.6. The van der Waals surface area contributed by atoms with Crippen LogP contribution in [0, 0.1) is 0 Å². The van der Waals surface area contributed by atoms with E-state index >= 15 is 0 Å². The van der Waals surface area contributed by atoms with Gasteiger partial charge in [0.15, 0.2) is 0 Å². The van der Waals surface area contributed by atoms with Gasteiger partial charge in [-0.15, -0.1) is 0 Å². The smallest absolute Gasteiger partial charge is 0.446 e. The Balaban J connectivity index is 4.22. The molecule has 0 aromatic rings. The van der Waals surface area contributed by atoms with Gasteiger partial charge < -0.3 is 10.1 Å². The van der Waals surface area contributed by atoms with Crippen LogP contribution in [0.25, 0.3) is 0 Å². The predicted molar refractivity (Wildman–Crippen MR) is 55.3 cm³/mol. The minimum atomic E-state index is -5.84. The summed E-state index contributed by atoms with van der Waals surface area (Å²) >= 11 is 0. The molecule has 0 spiro atoms. The van der Waals surface area contributed by atoms with Crippen LogP contribution in [0.4, 0.5) is 8.78 Å². The normalized spacial score (nSPS) is 11.8. The van der Waals surface area contributed by atoms with E-state index in [1.165, 1.54) is 12.2 Å². The number of carbonyl (C=O) groups is 2. The highest BCUT2D eigenvalue weighted by atomic mass is 32.2. The molecule has 2 N–H and O–H groups in total. The highest BCUT2D eigenvalue weighted by Gasteiger charge is 2.52. The van der Waals surface area contributed by atoms with E-state index in [9.17, 15) is 26.8 Å². The molecule has 10 heteroatoms. The number of hydrogen-bond acceptors (Lipinski definition) is 5. The van der Waals surface area contributed by atoms with Gasteiger partial charge in [0.1, 0.15) is 6.61 Å².